The second-order valence-corrected chi connectivity index (χ2v) is 8.96. The van der Waals surface area contributed by atoms with Crippen molar-refractivity contribution < 1.29 is 9.72 Å². The highest BCUT2D eigenvalue weighted by molar-refractivity contribution is 7.99. The van der Waals surface area contributed by atoms with Gasteiger partial charge >= 0.3 is 0 Å². The van der Waals surface area contributed by atoms with Crippen LogP contribution in [-0.4, -0.2) is 36.3 Å². The summed E-state index contributed by atoms with van der Waals surface area (Å²) < 4.78 is 1.98. The minimum atomic E-state index is -0.450. The average molecular weight is 473 g/mol. The number of benzene rings is 1. The number of thiophene rings is 1. The van der Waals surface area contributed by atoms with Gasteiger partial charge in [-0.05, 0) is 18.4 Å². The molecule has 0 aliphatic heterocycles. The Morgan fingerprint density at radius 3 is 2.87 bits per heavy atom. The number of hydrogen-bond donors (Lipinski definition) is 1. The van der Waals surface area contributed by atoms with Crippen LogP contribution < -0.4 is 5.32 Å². The van der Waals surface area contributed by atoms with E-state index in [1.165, 1.54) is 35.2 Å². The van der Waals surface area contributed by atoms with Gasteiger partial charge in [-0.25, -0.2) is 4.98 Å². The maximum absolute atomic E-state index is 12.4. The smallest absolute Gasteiger partial charge is 0.270 e. The summed E-state index contributed by atoms with van der Waals surface area (Å²) in [5.41, 5.74) is 1.19. The lowest BCUT2D eigenvalue weighted by atomic mass is 10.1. The number of nitro groups is 1. The van der Waals surface area contributed by atoms with Gasteiger partial charge in [0.05, 0.1) is 21.2 Å². The Kier molecular flexibility index (Phi) is 6.39. The third-order valence-corrected chi connectivity index (χ3v) is 6.80. The van der Waals surface area contributed by atoms with Gasteiger partial charge in [-0.3, -0.25) is 14.9 Å². The number of nitro benzene ring substituents is 1. The van der Waals surface area contributed by atoms with Crippen LogP contribution in [0.15, 0.2) is 52.3 Å². The summed E-state index contributed by atoms with van der Waals surface area (Å²) in [6.07, 6.45) is 0. The summed E-state index contributed by atoms with van der Waals surface area (Å²) in [6, 6.07) is 10.2. The van der Waals surface area contributed by atoms with E-state index in [2.05, 4.69) is 20.5 Å². The van der Waals surface area contributed by atoms with Crippen molar-refractivity contribution in [2.45, 2.75) is 18.6 Å². The van der Waals surface area contributed by atoms with Crippen LogP contribution in [0.25, 0.3) is 22.0 Å². The molecule has 4 rings (SSSR count). The molecule has 12 heteroatoms. The van der Waals surface area contributed by atoms with E-state index in [0.717, 1.165) is 10.7 Å². The zero-order valence-electron chi connectivity index (χ0n) is 16.2. The average Bonchev–Trinajstić information content (AvgIpc) is 3.52. The van der Waals surface area contributed by atoms with Crippen LogP contribution in [0, 0.1) is 10.1 Å². The molecule has 0 aliphatic rings. The van der Waals surface area contributed by atoms with Crippen LogP contribution in [0.1, 0.15) is 6.92 Å². The van der Waals surface area contributed by atoms with Crippen LogP contribution >= 0.6 is 34.4 Å². The SMILES string of the molecule is CCn1c(SCC(=O)Nc2nc(-c3cccc([N+](=O)[O-])c3)cs2)nnc1-c1cccs1. The first-order chi connectivity index (χ1) is 15.0. The molecule has 158 valence electrons. The lowest BCUT2D eigenvalue weighted by Gasteiger charge is -2.06. The molecule has 1 N–H and O–H groups in total. The standard InChI is InChI=1S/C19H16N6O3S3/c1-2-24-17(15-7-4-8-29-15)22-23-19(24)31-11-16(26)21-18-20-14(10-30-18)12-5-3-6-13(9-12)25(27)28/h3-10H,2,11H2,1H3,(H,20,21,26). The Labute approximate surface area is 189 Å². The molecule has 0 bridgehead atoms. The Hall–Kier alpha value is -3.09. The number of rotatable bonds is 8. The molecule has 0 unspecified atom stereocenters. The molecule has 0 radical (unpaired) electrons. The number of carbonyl (C=O) groups excluding carboxylic acids is 1. The first-order valence-corrected chi connectivity index (χ1v) is 11.9. The number of amides is 1. The van der Waals surface area contributed by atoms with Crippen LogP contribution in [-0.2, 0) is 11.3 Å². The van der Waals surface area contributed by atoms with E-state index in [0.29, 0.717) is 28.1 Å². The van der Waals surface area contributed by atoms with E-state index in [4.69, 9.17) is 0 Å². The van der Waals surface area contributed by atoms with Crippen LogP contribution in [0.2, 0.25) is 0 Å². The molecule has 0 spiro atoms. The highest BCUT2D eigenvalue weighted by Gasteiger charge is 2.16. The van der Waals surface area contributed by atoms with Crippen LogP contribution in [0.4, 0.5) is 10.8 Å². The highest BCUT2D eigenvalue weighted by atomic mass is 32.2. The van der Waals surface area contributed by atoms with E-state index in [-0.39, 0.29) is 17.3 Å². The van der Waals surface area contributed by atoms with Gasteiger partial charge in [0.1, 0.15) is 0 Å². The summed E-state index contributed by atoms with van der Waals surface area (Å²) in [7, 11) is 0. The molecule has 0 atom stereocenters. The second-order valence-electron chi connectivity index (χ2n) is 6.21. The Bertz CT molecular complexity index is 1220. The van der Waals surface area contributed by atoms with E-state index in [9.17, 15) is 14.9 Å². The van der Waals surface area contributed by atoms with Gasteiger partial charge in [0, 0.05) is 29.6 Å². The molecule has 0 fully saturated rings. The Balaban J connectivity index is 1.39. The lowest BCUT2D eigenvalue weighted by molar-refractivity contribution is -0.384. The van der Waals surface area contributed by atoms with Crippen molar-refractivity contribution in [3.05, 3.63) is 57.3 Å². The molecule has 1 amide bonds. The quantitative estimate of drug-likeness (QED) is 0.223. The van der Waals surface area contributed by atoms with Gasteiger partial charge in [-0.15, -0.1) is 32.9 Å². The van der Waals surface area contributed by atoms with Gasteiger partial charge < -0.3 is 9.88 Å². The molecule has 0 saturated carbocycles. The topological polar surface area (TPSA) is 116 Å². The summed E-state index contributed by atoms with van der Waals surface area (Å²) in [5, 5.41) is 27.1. The molecule has 4 aromatic rings. The second kappa shape index (κ2) is 9.37. The number of thiazole rings is 1. The van der Waals surface area contributed by atoms with E-state index < -0.39 is 4.92 Å². The number of anilines is 1. The van der Waals surface area contributed by atoms with Crippen LogP contribution in [0.3, 0.4) is 0 Å². The van der Waals surface area contributed by atoms with Crippen molar-refractivity contribution in [3.63, 3.8) is 0 Å². The van der Waals surface area contributed by atoms with Crippen molar-refractivity contribution in [2.75, 3.05) is 11.1 Å². The number of non-ortho nitro benzene ring substituents is 1. The van der Waals surface area contributed by atoms with Crippen molar-refractivity contribution in [1.29, 1.82) is 0 Å². The predicted octanol–water partition coefficient (Wildman–Crippen LogP) is 4.79. The minimum Gasteiger partial charge on any atom is -0.302 e. The highest BCUT2D eigenvalue weighted by Crippen LogP contribution is 2.29. The summed E-state index contributed by atoms with van der Waals surface area (Å²) in [4.78, 5) is 28.3. The largest absolute Gasteiger partial charge is 0.302 e. The fourth-order valence-electron chi connectivity index (χ4n) is 2.80. The van der Waals surface area contributed by atoms with E-state index in [1.807, 2.05) is 29.0 Å². The molecule has 1 aromatic carbocycles. The number of thioether (sulfide) groups is 1. The third kappa shape index (κ3) is 4.81. The molecule has 0 saturated heterocycles. The normalized spacial score (nSPS) is 10.9. The van der Waals surface area contributed by atoms with Gasteiger partial charge in [-0.1, -0.05) is 30.0 Å². The molecular formula is C19H16N6O3S3. The zero-order valence-corrected chi connectivity index (χ0v) is 18.7. The van der Waals surface area contributed by atoms with Crippen molar-refractivity contribution >= 4 is 51.2 Å². The number of carbonyl (C=O) groups is 1. The molecule has 3 aromatic heterocycles. The summed E-state index contributed by atoms with van der Waals surface area (Å²) >= 11 is 4.17. The van der Waals surface area contributed by atoms with Crippen molar-refractivity contribution in [1.82, 2.24) is 19.7 Å². The molecule has 3 heterocycles. The number of aromatic nitrogens is 4. The third-order valence-electron chi connectivity index (χ3n) is 4.21. The fraction of sp³-hybridized carbons (Fsp3) is 0.158. The number of nitrogens with one attached hydrogen (secondary N) is 1. The fourth-order valence-corrected chi connectivity index (χ4v) is 5.05. The van der Waals surface area contributed by atoms with Gasteiger partial charge in [0.2, 0.25) is 5.91 Å². The number of hydrogen-bond acceptors (Lipinski definition) is 9. The zero-order chi connectivity index (χ0) is 21.8. The maximum Gasteiger partial charge on any atom is 0.270 e. The Morgan fingerprint density at radius 2 is 2.13 bits per heavy atom. The summed E-state index contributed by atoms with van der Waals surface area (Å²) in [6.45, 7) is 2.71. The van der Waals surface area contributed by atoms with E-state index in [1.54, 1.807) is 28.8 Å². The monoisotopic (exact) mass is 472 g/mol. The first kappa shape index (κ1) is 21.2. The van der Waals surface area contributed by atoms with Gasteiger partial charge in [0.15, 0.2) is 16.1 Å². The van der Waals surface area contributed by atoms with Gasteiger partial charge in [0.25, 0.3) is 5.69 Å². The predicted molar refractivity (Wildman–Crippen MR) is 123 cm³/mol. The maximum atomic E-state index is 12.4. The molecule has 9 nitrogen and oxygen atoms in total. The Morgan fingerprint density at radius 1 is 1.26 bits per heavy atom. The number of nitrogens with zero attached hydrogens (tertiary/aromatic N) is 5. The molecular weight excluding hydrogens is 456 g/mol. The molecule has 31 heavy (non-hydrogen) atoms. The first-order valence-electron chi connectivity index (χ1n) is 9.15. The van der Waals surface area contributed by atoms with Crippen molar-refractivity contribution in [3.8, 4) is 22.0 Å². The van der Waals surface area contributed by atoms with Gasteiger partial charge in [-0.2, -0.15) is 0 Å². The van der Waals surface area contributed by atoms with Crippen molar-refractivity contribution in [2.24, 2.45) is 0 Å². The van der Waals surface area contributed by atoms with Crippen LogP contribution in [0.5, 0.6) is 0 Å². The molecule has 0 aliphatic carbocycles. The minimum absolute atomic E-state index is 0.00515. The lowest BCUT2D eigenvalue weighted by Crippen LogP contribution is -2.14. The summed E-state index contributed by atoms with van der Waals surface area (Å²) in [5.74, 6) is 0.740. The van der Waals surface area contributed by atoms with E-state index >= 15 is 0 Å².